The van der Waals surface area contributed by atoms with E-state index in [0.29, 0.717) is 25.2 Å². The molecule has 1 amide bonds. The monoisotopic (exact) mass is 424 g/mol. The average molecular weight is 425 g/mol. The van der Waals surface area contributed by atoms with E-state index in [1.807, 2.05) is 37.1 Å². The number of likely N-dealkylation sites (tertiary alicyclic amines) is 1. The number of halogens is 1. The van der Waals surface area contributed by atoms with Crippen molar-refractivity contribution in [3.63, 3.8) is 0 Å². The Kier molecular flexibility index (Phi) is 7.44. The van der Waals surface area contributed by atoms with Crippen molar-refractivity contribution < 1.29 is 9.18 Å². The summed E-state index contributed by atoms with van der Waals surface area (Å²) in [6.07, 6.45) is 7.22. The topological polar surface area (TPSA) is 57.3 Å². The highest BCUT2D eigenvalue weighted by molar-refractivity contribution is 5.81. The van der Waals surface area contributed by atoms with Crippen LogP contribution in [-0.2, 0) is 4.79 Å². The normalized spacial score (nSPS) is 21.6. The van der Waals surface area contributed by atoms with Gasteiger partial charge in [0.1, 0.15) is 6.17 Å². The number of alkyl halides is 1. The minimum absolute atomic E-state index is 0.111. The number of allylic oxidation sites excluding steroid dienone is 1. The number of aromatic nitrogens is 1. The number of nitrogens with one attached hydrogen (secondary N) is 2. The molecule has 2 aliphatic rings. The summed E-state index contributed by atoms with van der Waals surface area (Å²) in [6.45, 7) is 15.8. The molecule has 0 bridgehead atoms. The molecule has 1 saturated heterocycles. The molecule has 1 aliphatic heterocycles. The van der Waals surface area contributed by atoms with Gasteiger partial charge in [0.2, 0.25) is 5.91 Å². The predicted molar refractivity (Wildman–Crippen MR) is 127 cm³/mol. The maximum absolute atomic E-state index is 14.5. The van der Waals surface area contributed by atoms with E-state index in [1.165, 1.54) is 0 Å². The number of hydrogen-bond donors (Lipinski definition) is 2. The lowest BCUT2D eigenvalue weighted by Gasteiger charge is -2.34. The van der Waals surface area contributed by atoms with Crippen molar-refractivity contribution in [3.05, 3.63) is 54.4 Å². The van der Waals surface area contributed by atoms with Gasteiger partial charge in [0.25, 0.3) is 0 Å². The van der Waals surface area contributed by atoms with Crippen LogP contribution in [0.4, 0.5) is 4.39 Å². The summed E-state index contributed by atoms with van der Waals surface area (Å²) < 4.78 is 14.5. The molecule has 6 heteroatoms. The van der Waals surface area contributed by atoms with Crippen molar-refractivity contribution in [3.8, 4) is 0 Å². The summed E-state index contributed by atoms with van der Waals surface area (Å²) in [4.78, 5) is 18.5. The highest BCUT2D eigenvalue weighted by Crippen LogP contribution is 2.29. The van der Waals surface area contributed by atoms with Gasteiger partial charge in [0, 0.05) is 42.4 Å². The lowest BCUT2D eigenvalue weighted by atomic mass is 9.97. The molecule has 1 aromatic rings. The minimum Gasteiger partial charge on any atom is -0.379 e. The maximum atomic E-state index is 14.5. The molecule has 1 aliphatic carbocycles. The van der Waals surface area contributed by atoms with Crippen LogP contribution >= 0.6 is 0 Å². The standard InChI is InChI=1S/C25H33FN4O/c1-6-20-21(17(4)28-23-11-13-30(5)15-22(23)26)14-19(29-24(20)16(2)3)8-7-12-27-25(31)18-9-10-18/h6-8,14,18,22-23,28H,1-2,4,9-13,15H2,3,5H3,(H,27,31)/b8-7+. The molecule has 0 radical (unpaired) electrons. The third-order valence-corrected chi connectivity index (χ3v) is 5.75. The highest BCUT2D eigenvalue weighted by Gasteiger charge is 2.29. The van der Waals surface area contributed by atoms with Crippen LogP contribution in [0.3, 0.4) is 0 Å². The molecule has 2 heterocycles. The Morgan fingerprint density at radius 1 is 1.35 bits per heavy atom. The van der Waals surface area contributed by atoms with Gasteiger partial charge < -0.3 is 15.5 Å². The fraction of sp³-hybridized carbons (Fsp3) is 0.440. The molecule has 2 atom stereocenters. The van der Waals surface area contributed by atoms with Crippen LogP contribution in [-0.4, -0.2) is 54.7 Å². The molecule has 5 nitrogen and oxygen atoms in total. The van der Waals surface area contributed by atoms with Crippen molar-refractivity contribution in [1.29, 1.82) is 0 Å². The second-order valence-electron chi connectivity index (χ2n) is 8.56. The molecule has 2 N–H and O–H groups in total. The van der Waals surface area contributed by atoms with E-state index in [-0.39, 0.29) is 17.9 Å². The molecule has 1 aromatic heterocycles. The zero-order valence-corrected chi connectivity index (χ0v) is 18.6. The van der Waals surface area contributed by atoms with E-state index in [0.717, 1.165) is 47.5 Å². The molecule has 2 unspecified atom stereocenters. The smallest absolute Gasteiger partial charge is 0.223 e. The molecular weight excluding hydrogens is 391 g/mol. The van der Waals surface area contributed by atoms with Gasteiger partial charge in [-0.15, -0.1) is 0 Å². The second kappa shape index (κ2) is 10.1. The van der Waals surface area contributed by atoms with E-state index in [2.05, 4.69) is 30.4 Å². The van der Waals surface area contributed by atoms with Gasteiger partial charge in [-0.1, -0.05) is 31.9 Å². The summed E-state index contributed by atoms with van der Waals surface area (Å²) >= 11 is 0. The van der Waals surface area contributed by atoms with Crippen molar-refractivity contribution in [1.82, 2.24) is 20.5 Å². The Morgan fingerprint density at radius 2 is 2.10 bits per heavy atom. The van der Waals surface area contributed by atoms with Gasteiger partial charge in [0.05, 0.1) is 17.4 Å². The quantitative estimate of drug-likeness (QED) is 0.631. The number of carbonyl (C=O) groups excluding carboxylic acids is 1. The Labute approximate surface area is 184 Å². The van der Waals surface area contributed by atoms with Crippen LogP contribution in [0.1, 0.15) is 48.7 Å². The van der Waals surface area contributed by atoms with Crippen molar-refractivity contribution in [2.45, 2.75) is 38.4 Å². The molecule has 0 aromatic carbocycles. The molecule has 3 rings (SSSR count). The fourth-order valence-corrected chi connectivity index (χ4v) is 3.79. The van der Waals surface area contributed by atoms with Crippen molar-refractivity contribution in [2.75, 3.05) is 26.7 Å². The first-order valence-corrected chi connectivity index (χ1v) is 10.9. The van der Waals surface area contributed by atoms with Gasteiger partial charge >= 0.3 is 0 Å². The third-order valence-electron chi connectivity index (χ3n) is 5.75. The van der Waals surface area contributed by atoms with E-state index in [1.54, 1.807) is 6.08 Å². The van der Waals surface area contributed by atoms with Crippen LogP contribution in [0, 0.1) is 5.92 Å². The number of piperidine rings is 1. The van der Waals surface area contributed by atoms with E-state index in [4.69, 9.17) is 4.98 Å². The minimum atomic E-state index is -0.959. The van der Waals surface area contributed by atoms with Gasteiger partial charge in [-0.2, -0.15) is 0 Å². The van der Waals surface area contributed by atoms with Gasteiger partial charge in [-0.3, -0.25) is 4.79 Å². The molecule has 166 valence electrons. The number of amides is 1. The van der Waals surface area contributed by atoms with Crippen LogP contribution in [0.2, 0.25) is 0 Å². The Hall–Kier alpha value is -2.73. The van der Waals surface area contributed by atoms with E-state index >= 15 is 0 Å². The molecule has 31 heavy (non-hydrogen) atoms. The molecule has 0 spiro atoms. The van der Waals surface area contributed by atoms with Crippen LogP contribution in [0.15, 0.2) is 31.9 Å². The second-order valence-corrected chi connectivity index (χ2v) is 8.56. The Morgan fingerprint density at radius 3 is 2.71 bits per heavy atom. The summed E-state index contributed by atoms with van der Waals surface area (Å²) in [6, 6.07) is 1.64. The summed E-state index contributed by atoms with van der Waals surface area (Å²) in [5, 5.41) is 6.20. The van der Waals surface area contributed by atoms with E-state index in [9.17, 15) is 9.18 Å². The van der Waals surface area contributed by atoms with Gasteiger partial charge in [-0.25, -0.2) is 9.37 Å². The van der Waals surface area contributed by atoms with Crippen LogP contribution in [0.5, 0.6) is 0 Å². The lowest BCUT2D eigenvalue weighted by Crippen LogP contribution is -2.48. The number of hydrogen-bond acceptors (Lipinski definition) is 4. The first-order chi connectivity index (χ1) is 14.8. The SMILES string of the molecule is C=Cc1c(C(=C)NC2CCN(C)CC2F)cc(/C=C/CNC(=O)C2CC2)nc1C(=C)C. The van der Waals surface area contributed by atoms with Crippen molar-refractivity contribution >= 4 is 29.3 Å². The summed E-state index contributed by atoms with van der Waals surface area (Å²) in [5.74, 6) is 0.299. The van der Waals surface area contributed by atoms with Gasteiger partial charge in [0.15, 0.2) is 0 Å². The van der Waals surface area contributed by atoms with Crippen LogP contribution in [0.25, 0.3) is 23.4 Å². The van der Waals surface area contributed by atoms with Crippen LogP contribution < -0.4 is 10.6 Å². The average Bonchev–Trinajstić information content (AvgIpc) is 3.57. The lowest BCUT2D eigenvalue weighted by molar-refractivity contribution is -0.122. The van der Waals surface area contributed by atoms with Crippen molar-refractivity contribution in [2.24, 2.45) is 5.92 Å². The first-order valence-electron chi connectivity index (χ1n) is 10.9. The predicted octanol–water partition coefficient (Wildman–Crippen LogP) is 3.90. The number of nitrogens with zero attached hydrogens (tertiary/aromatic N) is 2. The zero-order valence-electron chi connectivity index (χ0n) is 18.6. The van der Waals surface area contributed by atoms with Gasteiger partial charge in [-0.05, 0) is 50.9 Å². The summed E-state index contributed by atoms with van der Waals surface area (Å²) in [7, 11) is 1.93. The first kappa shape index (κ1) is 22.9. The molecule has 2 fully saturated rings. The Bertz CT molecular complexity index is 903. The molecule has 1 saturated carbocycles. The number of pyridine rings is 1. The number of carbonyl (C=O) groups is 1. The van der Waals surface area contributed by atoms with E-state index < -0.39 is 6.17 Å². The summed E-state index contributed by atoms with van der Waals surface area (Å²) in [5.41, 5.74) is 4.57. The maximum Gasteiger partial charge on any atom is 0.223 e. The Balaban J connectivity index is 1.79. The third kappa shape index (κ3) is 5.91. The largest absolute Gasteiger partial charge is 0.379 e. The molecular formula is C25H33FN4O. The zero-order chi connectivity index (χ0) is 22.5. The number of rotatable bonds is 9. The highest BCUT2D eigenvalue weighted by atomic mass is 19.1. The fourth-order valence-electron chi connectivity index (χ4n) is 3.79.